The van der Waals surface area contributed by atoms with E-state index in [1.807, 2.05) is 36.4 Å². The third-order valence-corrected chi connectivity index (χ3v) is 5.46. The summed E-state index contributed by atoms with van der Waals surface area (Å²) in [4.78, 5) is 0. The van der Waals surface area contributed by atoms with E-state index in [9.17, 15) is 0 Å². The van der Waals surface area contributed by atoms with Crippen molar-refractivity contribution in [3.8, 4) is 11.5 Å². The van der Waals surface area contributed by atoms with E-state index in [1.54, 1.807) is 19.2 Å². The van der Waals surface area contributed by atoms with Gasteiger partial charge in [0.15, 0.2) is 0 Å². The molecular weight excluding hydrogens is 429 g/mol. The summed E-state index contributed by atoms with van der Waals surface area (Å²) in [5.41, 5.74) is 2.99. The van der Waals surface area contributed by atoms with Gasteiger partial charge in [0.05, 0.1) is 7.11 Å². The summed E-state index contributed by atoms with van der Waals surface area (Å²) in [6, 6.07) is 19.1. The first-order valence-corrected chi connectivity index (χ1v) is 10.4. The summed E-state index contributed by atoms with van der Waals surface area (Å²) in [7, 11) is 1.67. The Morgan fingerprint density at radius 1 is 0.897 bits per heavy atom. The smallest absolute Gasteiger partial charge is 0.124 e. The number of ether oxygens (including phenoxy) is 2. The van der Waals surface area contributed by atoms with Crippen molar-refractivity contribution in [3.63, 3.8) is 0 Å². The molecule has 0 unspecified atom stereocenters. The van der Waals surface area contributed by atoms with Gasteiger partial charge in [0.1, 0.15) is 18.1 Å². The largest absolute Gasteiger partial charge is 0.497 e. The molecule has 0 saturated heterocycles. The van der Waals surface area contributed by atoms with Gasteiger partial charge < -0.3 is 14.8 Å². The van der Waals surface area contributed by atoms with Crippen molar-refractivity contribution < 1.29 is 9.47 Å². The highest BCUT2D eigenvalue weighted by atomic mass is 35.5. The summed E-state index contributed by atoms with van der Waals surface area (Å²) in [6.07, 6.45) is 0.913. The van der Waals surface area contributed by atoms with Gasteiger partial charge >= 0.3 is 0 Å². The van der Waals surface area contributed by atoms with Crippen molar-refractivity contribution in [3.05, 3.63) is 92.4 Å². The molecule has 0 aliphatic rings. The number of methoxy groups -OCH3 is 1. The fourth-order valence-electron chi connectivity index (χ4n) is 2.90. The number of halogens is 3. The maximum Gasteiger partial charge on any atom is 0.124 e. The normalized spacial score (nSPS) is 10.8. The summed E-state index contributed by atoms with van der Waals surface area (Å²) in [5.74, 6) is 1.61. The van der Waals surface area contributed by atoms with Crippen molar-refractivity contribution >= 4 is 34.8 Å². The summed E-state index contributed by atoms with van der Waals surface area (Å²) in [6.45, 7) is 1.76. The molecule has 0 bridgehead atoms. The van der Waals surface area contributed by atoms with Crippen LogP contribution in [-0.2, 0) is 19.6 Å². The first kappa shape index (κ1) is 21.8. The minimum atomic E-state index is 0.291. The highest BCUT2D eigenvalue weighted by Crippen LogP contribution is 2.28. The average Bonchev–Trinajstić information content (AvgIpc) is 2.72. The third kappa shape index (κ3) is 6.28. The Kier molecular flexibility index (Phi) is 8.08. The zero-order chi connectivity index (χ0) is 20.6. The van der Waals surface area contributed by atoms with Crippen LogP contribution in [0.1, 0.15) is 16.7 Å². The van der Waals surface area contributed by atoms with Gasteiger partial charge in [0, 0.05) is 32.7 Å². The predicted molar refractivity (Wildman–Crippen MR) is 121 cm³/mol. The van der Waals surface area contributed by atoms with Gasteiger partial charge in [-0.1, -0.05) is 53.0 Å². The minimum absolute atomic E-state index is 0.291. The lowest BCUT2D eigenvalue weighted by Gasteiger charge is -2.14. The van der Waals surface area contributed by atoms with E-state index in [-0.39, 0.29) is 0 Å². The van der Waals surface area contributed by atoms with Crippen molar-refractivity contribution in [2.75, 3.05) is 13.7 Å². The second kappa shape index (κ2) is 10.7. The number of nitrogens with one attached hydrogen (secondary N) is 1. The maximum absolute atomic E-state index is 6.23. The Bertz CT molecular complexity index is 925. The number of hydrogen-bond acceptors (Lipinski definition) is 3. The van der Waals surface area contributed by atoms with Crippen molar-refractivity contribution in [1.82, 2.24) is 5.32 Å². The Morgan fingerprint density at radius 3 is 2.31 bits per heavy atom. The summed E-state index contributed by atoms with van der Waals surface area (Å²) >= 11 is 18.7. The molecule has 3 rings (SSSR count). The lowest BCUT2D eigenvalue weighted by Crippen LogP contribution is -2.17. The zero-order valence-corrected chi connectivity index (χ0v) is 18.3. The first-order valence-electron chi connectivity index (χ1n) is 9.24. The van der Waals surface area contributed by atoms with Gasteiger partial charge in [-0.2, -0.15) is 0 Å². The third-order valence-electron chi connectivity index (χ3n) is 4.52. The van der Waals surface area contributed by atoms with Crippen LogP contribution < -0.4 is 14.8 Å². The molecule has 0 saturated carbocycles. The van der Waals surface area contributed by atoms with Gasteiger partial charge in [-0.15, -0.1) is 0 Å². The van der Waals surface area contributed by atoms with E-state index >= 15 is 0 Å². The molecule has 0 aliphatic heterocycles. The molecule has 0 fully saturated rings. The standard InChI is InChI=1S/C23H22Cl3NO2/c1-28-19-8-5-16(6-9-19)11-12-27-14-17-13-18(24)7-10-23(17)29-15-20-21(25)3-2-4-22(20)26/h2-10,13,27H,11-12,14-15H2,1H3. The molecule has 152 valence electrons. The van der Waals surface area contributed by atoms with Gasteiger partial charge in [-0.3, -0.25) is 0 Å². The van der Waals surface area contributed by atoms with Crippen LogP contribution in [0.4, 0.5) is 0 Å². The van der Waals surface area contributed by atoms with Crippen molar-refractivity contribution in [2.24, 2.45) is 0 Å². The molecular formula is C23H22Cl3NO2. The van der Waals surface area contributed by atoms with E-state index in [4.69, 9.17) is 44.3 Å². The van der Waals surface area contributed by atoms with E-state index in [0.29, 0.717) is 28.2 Å². The number of rotatable bonds is 9. The highest BCUT2D eigenvalue weighted by Gasteiger charge is 2.09. The van der Waals surface area contributed by atoms with Gasteiger partial charge in [0.2, 0.25) is 0 Å². The Labute approximate surface area is 186 Å². The number of benzene rings is 3. The van der Waals surface area contributed by atoms with Gasteiger partial charge in [-0.05, 0) is 61.0 Å². The van der Waals surface area contributed by atoms with Crippen LogP contribution in [0.2, 0.25) is 15.1 Å². The van der Waals surface area contributed by atoms with E-state index < -0.39 is 0 Å². The van der Waals surface area contributed by atoms with Gasteiger partial charge in [0.25, 0.3) is 0 Å². The lowest BCUT2D eigenvalue weighted by molar-refractivity contribution is 0.302. The molecule has 0 amide bonds. The van der Waals surface area contributed by atoms with Crippen LogP contribution in [-0.4, -0.2) is 13.7 Å². The molecule has 3 nitrogen and oxygen atoms in total. The fraction of sp³-hybridized carbons (Fsp3) is 0.217. The molecule has 0 radical (unpaired) electrons. The van der Waals surface area contributed by atoms with Gasteiger partial charge in [-0.25, -0.2) is 0 Å². The lowest BCUT2D eigenvalue weighted by atomic mass is 10.1. The summed E-state index contributed by atoms with van der Waals surface area (Å²) in [5, 5.41) is 5.29. The molecule has 0 aromatic heterocycles. The molecule has 6 heteroatoms. The predicted octanol–water partition coefficient (Wildman–Crippen LogP) is 6.57. The van der Waals surface area contributed by atoms with Crippen LogP contribution in [0, 0.1) is 0 Å². The Hall–Kier alpha value is -1.91. The molecule has 0 spiro atoms. The van der Waals surface area contributed by atoms with Crippen LogP contribution in [0.15, 0.2) is 60.7 Å². The first-order chi connectivity index (χ1) is 14.1. The average molecular weight is 451 g/mol. The number of hydrogen-bond donors (Lipinski definition) is 1. The Balaban J connectivity index is 1.58. The molecule has 0 aliphatic carbocycles. The second-order valence-electron chi connectivity index (χ2n) is 6.52. The molecule has 1 N–H and O–H groups in total. The minimum Gasteiger partial charge on any atom is -0.497 e. The highest BCUT2D eigenvalue weighted by molar-refractivity contribution is 6.36. The van der Waals surface area contributed by atoms with Crippen molar-refractivity contribution in [1.29, 1.82) is 0 Å². The topological polar surface area (TPSA) is 30.5 Å². The molecule has 3 aromatic carbocycles. The van der Waals surface area contributed by atoms with E-state index in [1.165, 1.54) is 5.56 Å². The quantitative estimate of drug-likeness (QED) is 0.374. The van der Waals surface area contributed by atoms with Crippen LogP contribution in [0.25, 0.3) is 0 Å². The van der Waals surface area contributed by atoms with Crippen molar-refractivity contribution in [2.45, 2.75) is 19.6 Å². The maximum atomic E-state index is 6.23. The molecule has 29 heavy (non-hydrogen) atoms. The monoisotopic (exact) mass is 449 g/mol. The van der Waals surface area contributed by atoms with Crippen LogP contribution >= 0.6 is 34.8 Å². The Morgan fingerprint density at radius 2 is 1.62 bits per heavy atom. The van der Waals surface area contributed by atoms with E-state index in [2.05, 4.69) is 17.4 Å². The second-order valence-corrected chi connectivity index (χ2v) is 7.77. The molecule has 0 atom stereocenters. The molecule has 3 aromatic rings. The SMILES string of the molecule is COc1ccc(CCNCc2cc(Cl)ccc2OCc2c(Cl)cccc2Cl)cc1. The van der Waals surface area contributed by atoms with E-state index in [0.717, 1.165) is 35.6 Å². The summed E-state index contributed by atoms with van der Waals surface area (Å²) < 4.78 is 11.2. The molecule has 0 heterocycles. The van der Waals surface area contributed by atoms with Crippen LogP contribution in [0.3, 0.4) is 0 Å². The fourth-order valence-corrected chi connectivity index (χ4v) is 3.60. The zero-order valence-electron chi connectivity index (χ0n) is 16.1. The van der Waals surface area contributed by atoms with Crippen LogP contribution in [0.5, 0.6) is 11.5 Å².